The van der Waals surface area contributed by atoms with E-state index in [4.69, 9.17) is 4.74 Å². The van der Waals surface area contributed by atoms with Crippen molar-refractivity contribution in [1.29, 1.82) is 0 Å². The van der Waals surface area contributed by atoms with Crippen molar-refractivity contribution >= 4 is 6.08 Å². The molecule has 1 saturated heterocycles. The third-order valence-corrected chi connectivity index (χ3v) is 4.69. The molecule has 0 atom stereocenters. The fourth-order valence-corrected chi connectivity index (χ4v) is 3.36. The maximum absolute atomic E-state index is 11.6. The molecule has 0 radical (unpaired) electrons. The molecule has 5 heteroatoms. The molecule has 0 amide bonds. The van der Waals surface area contributed by atoms with E-state index in [1.807, 2.05) is 25.1 Å². The molecule has 1 aliphatic heterocycles. The molecule has 0 spiro atoms. The Bertz CT molecular complexity index is 790. The molecule has 1 N–H and O–H groups in total. The number of nitrogens with one attached hydrogen (secondary N) is 1. The van der Waals surface area contributed by atoms with Crippen LogP contribution in [0.4, 0.5) is 0 Å². The number of ether oxygens (including phenoxy) is 1. The minimum absolute atomic E-state index is 0.0512. The molecule has 1 aromatic carbocycles. The van der Waals surface area contributed by atoms with Gasteiger partial charge in [0.2, 0.25) is 0 Å². The number of piperidine rings is 1. The van der Waals surface area contributed by atoms with Gasteiger partial charge in [0.1, 0.15) is 11.6 Å². The zero-order chi connectivity index (χ0) is 17.6. The van der Waals surface area contributed by atoms with Gasteiger partial charge in [-0.05, 0) is 38.9 Å². The van der Waals surface area contributed by atoms with Gasteiger partial charge in [-0.2, -0.15) is 0 Å². The average molecular weight is 339 g/mol. The molecule has 1 fully saturated rings. The molecule has 0 bridgehead atoms. The van der Waals surface area contributed by atoms with Crippen LogP contribution in [-0.2, 0) is 0 Å². The van der Waals surface area contributed by atoms with E-state index in [9.17, 15) is 4.79 Å². The van der Waals surface area contributed by atoms with Crippen LogP contribution in [0.3, 0.4) is 0 Å². The number of aromatic amines is 1. The first-order valence-corrected chi connectivity index (χ1v) is 8.75. The second-order valence-corrected chi connectivity index (χ2v) is 6.47. The SMILES string of the molecule is COc1ccccc1C=CCN1CCC(c2cc(=O)[nH]c(C)n2)CC1. The number of methoxy groups -OCH3 is 1. The highest BCUT2D eigenvalue weighted by Gasteiger charge is 2.21. The lowest BCUT2D eigenvalue weighted by Gasteiger charge is -2.30. The molecule has 0 saturated carbocycles. The maximum atomic E-state index is 11.6. The number of likely N-dealkylation sites (tertiary alicyclic amines) is 1. The lowest BCUT2D eigenvalue weighted by atomic mass is 9.93. The third-order valence-electron chi connectivity index (χ3n) is 4.69. The van der Waals surface area contributed by atoms with Gasteiger partial charge in [-0.25, -0.2) is 4.98 Å². The number of hydrogen-bond acceptors (Lipinski definition) is 4. The fraction of sp³-hybridized carbons (Fsp3) is 0.400. The quantitative estimate of drug-likeness (QED) is 0.910. The summed E-state index contributed by atoms with van der Waals surface area (Å²) in [7, 11) is 1.70. The lowest BCUT2D eigenvalue weighted by Crippen LogP contribution is -2.33. The van der Waals surface area contributed by atoms with Crippen molar-refractivity contribution in [2.75, 3.05) is 26.7 Å². The summed E-state index contributed by atoms with van der Waals surface area (Å²) in [5, 5.41) is 0. The first-order valence-electron chi connectivity index (χ1n) is 8.75. The van der Waals surface area contributed by atoms with E-state index in [1.54, 1.807) is 13.2 Å². The number of benzene rings is 1. The summed E-state index contributed by atoms with van der Waals surface area (Å²) >= 11 is 0. The van der Waals surface area contributed by atoms with Crippen LogP contribution < -0.4 is 10.3 Å². The van der Waals surface area contributed by atoms with Gasteiger partial charge in [0.05, 0.1) is 12.8 Å². The van der Waals surface area contributed by atoms with E-state index < -0.39 is 0 Å². The Morgan fingerprint density at radius 2 is 2.08 bits per heavy atom. The molecule has 1 aliphatic rings. The third kappa shape index (κ3) is 4.57. The van der Waals surface area contributed by atoms with Crippen molar-refractivity contribution < 1.29 is 4.74 Å². The number of H-pyrrole nitrogens is 1. The largest absolute Gasteiger partial charge is 0.496 e. The lowest BCUT2D eigenvalue weighted by molar-refractivity contribution is 0.231. The summed E-state index contributed by atoms with van der Waals surface area (Å²) in [6.07, 6.45) is 6.39. The molecule has 0 unspecified atom stereocenters. The fourth-order valence-electron chi connectivity index (χ4n) is 3.36. The van der Waals surface area contributed by atoms with Crippen molar-refractivity contribution in [2.24, 2.45) is 0 Å². The normalized spacial score (nSPS) is 16.4. The second-order valence-electron chi connectivity index (χ2n) is 6.47. The van der Waals surface area contributed by atoms with Crippen LogP contribution in [0.1, 0.15) is 35.8 Å². The van der Waals surface area contributed by atoms with Crippen LogP contribution in [0.25, 0.3) is 6.08 Å². The summed E-state index contributed by atoms with van der Waals surface area (Å²) in [5.74, 6) is 1.98. The van der Waals surface area contributed by atoms with Gasteiger partial charge in [0.25, 0.3) is 5.56 Å². The Morgan fingerprint density at radius 3 is 2.80 bits per heavy atom. The van der Waals surface area contributed by atoms with Gasteiger partial charge in [-0.1, -0.05) is 30.4 Å². The Labute approximate surface area is 148 Å². The molecule has 25 heavy (non-hydrogen) atoms. The topological polar surface area (TPSA) is 58.2 Å². The van der Waals surface area contributed by atoms with Crippen LogP contribution in [0, 0.1) is 6.92 Å². The first-order chi connectivity index (χ1) is 12.2. The van der Waals surface area contributed by atoms with Crippen LogP contribution in [0.15, 0.2) is 41.2 Å². The minimum atomic E-state index is -0.0512. The summed E-state index contributed by atoms with van der Waals surface area (Å²) < 4.78 is 5.37. The molecule has 2 heterocycles. The van der Waals surface area contributed by atoms with E-state index in [2.05, 4.69) is 33.1 Å². The number of rotatable bonds is 5. The molecule has 5 nitrogen and oxygen atoms in total. The molecule has 1 aromatic heterocycles. The van der Waals surface area contributed by atoms with Gasteiger partial charge >= 0.3 is 0 Å². The van der Waals surface area contributed by atoms with Gasteiger partial charge in [0, 0.05) is 24.1 Å². The van der Waals surface area contributed by atoms with Crippen molar-refractivity contribution in [2.45, 2.75) is 25.7 Å². The highest BCUT2D eigenvalue weighted by atomic mass is 16.5. The highest BCUT2D eigenvalue weighted by Crippen LogP contribution is 2.26. The molecule has 132 valence electrons. The highest BCUT2D eigenvalue weighted by molar-refractivity contribution is 5.57. The smallest absolute Gasteiger partial charge is 0.251 e. The van der Waals surface area contributed by atoms with Crippen LogP contribution >= 0.6 is 0 Å². The van der Waals surface area contributed by atoms with Crippen LogP contribution in [0.5, 0.6) is 5.75 Å². The summed E-state index contributed by atoms with van der Waals surface area (Å²) in [6, 6.07) is 9.68. The average Bonchev–Trinajstić information content (AvgIpc) is 2.62. The summed E-state index contributed by atoms with van der Waals surface area (Å²) in [4.78, 5) is 21.3. The zero-order valence-electron chi connectivity index (χ0n) is 14.9. The number of aromatic nitrogens is 2. The number of hydrogen-bond donors (Lipinski definition) is 1. The standard InChI is InChI=1S/C20H25N3O2/c1-15-21-18(14-20(24)22-15)16-9-12-23(13-10-16)11-5-7-17-6-3-4-8-19(17)25-2/h3-8,14,16H,9-13H2,1-2H3,(H,21,22,24). The van der Waals surface area contributed by atoms with Crippen molar-refractivity contribution in [3.63, 3.8) is 0 Å². The number of aryl methyl sites for hydroxylation is 1. The van der Waals surface area contributed by atoms with Crippen LogP contribution in [0.2, 0.25) is 0 Å². The molecule has 3 rings (SSSR count). The number of para-hydroxylation sites is 1. The Balaban J connectivity index is 1.54. The van der Waals surface area contributed by atoms with Gasteiger partial charge in [0.15, 0.2) is 0 Å². The Kier molecular flexibility index (Phi) is 5.66. The van der Waals surface area contributed by atoms with Crippen molar-refractivity contribution in [3.05, 3.63) is 63.8 Å². The van der Waals surface area contributed by atoms with Gasteiger partial charge in [-0.15, -0.1) is 0 Å². The van der Waals surface area contributed by atoms with Gasteiger partial charge < -0.3 is 9.72 Å². The van der Waals surface area contributed by atoms with E-state index >= 15 is 0 Å². The minimum Gasteiger partial charge on any atom is -0.496 e. The van der Waals surface area contributed by atoms with Crippen molar-refractivity contribution in [3.8, 4) is 5.75 Å². The van der Waals surface area contributed by atoms with Gasteiger partial charge in [-0.3, -0.25) is 9.69 Å². The first kappa shape index (κ1) is 17.4. The Morgan fingerprint density at radius 1 is 1.32 bits per heavy atom. The van der Waals surface area contributed by atoms with E-state index in [1.165, 1.54) is 0 Å². The maximum Gasteiger partial charge on any atom is 0.251 e. The number of nitrogens with zero attached hydrogens (tertiary/aromatic N) is 2. The molecule has 2 aromatic rings. The van der Waals surface area contributed by atoms with E-state index in [0.717, 1.165) is 49.5 Å². The van der Waals surface area contributed by atoms with E-state index in [-0.39, 0.29) is 5.56 Å². The second kappa shape index (κ2) is 8.12. The van der Waals surface area contributed by atoms with Crippen molar-refractivity contribution in [1.82, 2.24) is 14.9 Å². The van der Waals surface area contributed by atoms with Crippen LogP contribution in [-0.4, -0.2) is 41.6 Å². The van der Waals surface area contributed by atoms with E-state index in [0.29, 0.717) is 11.7 Å². The molecular formula is C20H25N3O2. The monoisotopic (exact) mass is 339 g/mol. The predicted octanol–water partition coefficient (Wildman–Crippen LogP) is 2.98. The zero-order valence-corrected chi connectivity index (χ0v) is 14.9. The predicted molar refractivity (Wildman–Crippen MR) is 100 cm³/mol. The summed E-state index contributed by atoms with van der Waals surface area (Å²) in [6.45, 7) is 4.80. The molecular weight excluding hydrogens is 314 g/mol. The molecule has 0 aliphatic carbocycles. The Hall–Kier alpha value is -2.40. The summed E-state index contributed by atoms with van der Waals surface area (Å²) in [5.41, 5.74) is 1.98.